The molecule has 0 unspecified atom stereocenters. The van der Waals surface area contributed by atoms with Crippen LogP contribution in [0.1, 0.15) is 47.9 Å². The summed E-state index contributed by atoms with van der Waals surface area (Å²) >= 11 is 0. The van der Waals surface area contributed by atoms with Gasteiger partial charge in [0, 0.05) is 31.7 Å². The second-order valence-corrected chi connectivity index (χ2v) is 8.50. The number of anilines is 1. The molecule has 0 bridgehead atoms. The number of aromatic nitrogens is 2. The lowest BCUT2D eigenvalue weighted by Gasteiger charge is -2.36. The Balaban J connectivity index is 0.000000304. The van der Waals surface area contributed by atoms with Crippen molar-refractivity contribution in [1.29, 1.82) is 0 Å². The van der Waals surface area contributed by atoms with Crippen LogP contribution in [0.2, 0.25) is 0 Å². The maximum Gasteiger partial charge on any atom is 0.417 e. The minimum absolute atomic E-state index is 0.159. The Hall–Kier alpha value is -4.48. The molecule has 1 saturated heterocycles. The second-order valence-electron chi connectivity index (χ2n) is 8.50. The van der Waals surface area contributed by atoms with E-state index in [2.05, 4.69) is 10.2 Å². The lowest BCUT2D eigenvalue weighted by molar-refractivity contribution is -0.138. The van der Waals surface area contributed by atoms with E-state index in [0.29, 0.717) is 11.3 Å². The summed E-state index contributed by atoms with van der Waals surface area (Å²) in [6, 6.07) is 11.7. The molecule has 0 spiro atoms. The summed E-state index contributed by atoms with van der Waals surface area (Å²) in [4.78, 5) is 37.7. The first-order valence-corrected chi connectivity index (χ1v) is 11.5. The molecule has 1 aromatic heterocycles. The zero-order valence-electron chi connectivity index (χ0n) is 20.7. The molecule has 1 aliphatic heterocycles. The number of rotatable bonds is 4. The molecule has 200 valence electrons. The summed E-state index contributed by atoms with van der Waals surface area (Å²) in [5.41, 5.74) is 6.62. The van der Waals surface area contributed by atoms with Crippen molar-refractivity contribution in [2.45, 2.75) is 20.0 Å². The molecule has 9 nitrogen and oxygen atoms in total. The Kier molecular flexibility index (Phi) is 8.66. The minimum Gasteiger partial charge on any atom is -0.476 e. The van der Waals surface area contributed by atoms with Crippen LogP contribution in [0.25, 0.3) is 0 Å². The maximum absolute atomic E-state index is 13.1. The van der Waals surface area contributed by atoms with Crippen molar-refractivity contribution in [3.63, 3.8) is 0 Å². The fourth-order valence-electron chi connectivity index (χ4n) is 3.99. The SMILES string of the molecule is Cc1cccc(C(N)=O)c1C.O=C(O)c1nnccc1N1CCN(C(=O)c2ccccc2C(F)(F)F)CC1. The monoisotopic (exact) mass is 529 g/mol. The van der Waals surface area contributed by atoms with Crippen LogP contribution in [0.5, 0.6) is 0 Å². The molecule has 0 atom stereocenters. The van der Waals surface area contributed by atoms with Gasteiger partial charge in [-0.3, -0.25) is 9.59 Å². The third kappa shape index (κ3) is 6.44. The molecule has 0 aliphatic carbocycles. The largest absolute Gasteiger partial charge is 0.476 e. The van der Waals surface area contributed by atoms with E-state index in [-0.39, 0.29) is 37.8 Å². The van der Waals surface area contributed by atoms with Gasteiger partial charge in [-0.1, -0.05) is 24.3 Å². The molecule has 4 rings (SSSR count). The van der Waals surface area contributed by atoms with Crippen molar-refractivity contribution in [2.24, 2.45) is 5.73 Å². The summed E-state index contributed by atoms with van der Waals surface area (Å²) < 4.78 is 39.4. The molecule has 1 aliphatic rings. The molecule has 0 saturated carbocycles. The average molecular weight is 530 g/mol. The van der Waals surface area contributed by atoms with E-state index in [4.69, 9.17) is 5.73 Å². The number of aromatic carboxylic acids is 1. The van der Waals surface area contributed by atoms with Crippen LogP contribution in [0.15, 0.2) is 54.7 Å². The Morgan fingerprint density at radius 1 is 0.921 bits per heavy atom. The Labute approximate surface area is 216 Å². The minimum atomic E-state index is -4.62. The number of primary amides is 1. The molecule has 3 aromatic rings. The average Bonchev–Trinajstić information content (AvgIpc) is 2.89. The smallest absolute Gasteiger partial charge is 0.417 e. The van der Waals surface area contributed by atoms with Gasteiger partial charge in [0.25, 0.3) is 5.91 Å². The van der Waals surface area contributed by atoms with Crippen LogP contribution in [0, 0.1) is 13.8 Å². The van der Waals surface area contributed by atoms with E-state index in [1.807, 2.05) is 26.0 Å². The topological polar surface area (TPSA) is 130 Å². The number of alkyl halides is 3. The fraction of sp³-hybridized carbons (Fsp3) is 0.269. The number of amides is 2. The third-order valence-corrected chi connectivity index (χ3v) is 6.14. The van der Waals surface area contributed by atoms with Gasteiger partial charge in [-0.25, -0.2) is 4.79 Å². The lowest BCUT2D eigenvalue weighted by Crippen LogP contribution is -2.49. The first kappa shape index (κ1) is 28.1. The van der Waals surface area contributed by atoms with Gasteiger partial charge < -0.3 is 20.6 Å². The van der Waals surface area contributed by atoms with Gasteiger partial charge in [-0.15, -0.1) is 5.10 Å². The molecular formula is C26H26F3N5O4. The highest BCUT2D eigenvalue weighted by molar-refractivity contribution is 5.96. The van der Waals surface area contributed by atoms with Crippen molar-refractivity contribution >= 4 is 23.5 Å². The summed E-state index contributed by atoms with van der Waals surface area (Å²) in [6.45, 7) is 4.72. The number of halogens is 3. The number of piperazine rings is 1. The van der Waals surface area contributed by atoms with Crippen LogP contribution in [0.3, 0.4) is 0 Å². The summed E-state index contributed by atoms with van der Waals surface area (Å²) in [5.74, 6) is -2.28. The number of hydrogen-bond acceptors (Lipinski definition) is 6. The first-order chi connectivity index (χ1) is 17.9. The standard InChI is InChI=1S/C17H15F3N4O3.C9H11NO/c18-17(19,20)12-4-2-1-3-11(12)15(25)24-9-7-23(8-10-24)13-5-6-21-22-14(13)16(26)27;1-6-4-3-5-8(7(6)2)9(10)11/h1-6H,7-10H2,(H,26,27);3-5H,1-2H3,(H2,10,11). The van der Waals surface area contributed by atoms with E-state index in [1.165, 1.54) is 29.3 Å². The normalized spacial score (nSPS) is 13.4. The van der Waals surface area contributed by atoms with Crippen molar-refractivity contribution < 1.29 is 32.7 Å². The van der Waals surface area contributed by atoms with Gasteiger partial charge in [0.15, 0.2) is 5.69 Å². The summed E-state index contributed by atoms with van der Waals surface area (Å²) in [6.07, 6.45) is -3.26. The second kappa shape index (κ2) is 11.7. The van der Waals surface area contributed by atoms with Crippen LogP contribution in [-0.2, 0) is 6.18 Å². The number of nitrogens with zero attached hydrogens (tertiary/aromatic N) is 4. The molecule has 3 N–H and O–H groups in total. The quantitative estimate of drug-likeness (QED) is 0.529. The van der Waals surface area contributed by atoms with Crippen LogP contribution < -0.4 is 10.6 Å². The molecule has 1 fully saturated rings. The maximum atomic E-state index is 13.1. The van der Waals surface area contributed by atoms with Crippen LogP contribution >= 0.6 is 0 Å². The number of hydrogen-bond donors (Lipinski definition) is 2. The van der Waals surface area contributed by atoms with Gasteiger partial charge in [-0.2, -0.15) is 18.3 Å². The zero-order valence-corrected chi connectivity index (χ0v) is 20.7. The van der Waals surface area contributed by atoms with E-state index < -0.39 is 29.2 Å². The van der Waals surface area contributed by atoms with Gasteiger partial charge in [0.05, 0.1) is 23.0 Å². The molecule has 2 aromatic carbocycles. The van der Waals surface area contributed by atoms with Gasteiger partial charge >= 0.3 is 12.1 Å². The summed E-state index contributed by atoms with van der Waals surface area (Å²) in [7, 11) is 0. The number of nitrogens with two attached hydrogens (primary N) is 1. The van der Waals surface area contributed by atoms with E-state index >= 15 is 0 Å². The Morgan fingerprint density at radius 2 is 1.55 bits per heavy atom. The van der Waals surface area contributed by atoms with E-state index in [9.17, 15) is 32.7 Å². The molecule has 38 heavy (non-hydrogen) atoms. The van der Waals surface area contributed by atoms with Gasteiger partial charge in [-0.05, 0) is 49.2 Å². The summed E-state index contributed by atoms with van der Waals surface area (Å²) in [5, 5.41) is 16.3. The van der Waals surface area contributed by atoms with Crippen LogP contribution in [-0.4, -0.2) is 64.2 Å². The highest BCUT2D eigenvalue weighted by Gasteiger charge is 2.36. The molecule has 2 amide bonds. The Morgan fingerprint density at radius 3 is 2.13 bits per heavy atom. The van der Waals surface area contributed by atoms with E-state index in [1.54, 1.807) is 11.0 Å². The highest BCUT2D eigenvalue weighted by Crippen LogP contribution is 2.32. The fourth-order valence-corrected chi connectivity index (χ4v) is 3.99. The molecule has 0 radical (unpaired) electrons. The number of carboxylic acids is 1. The van der Waals surface area contributed by atoms with Gasteiger partial charge in [0.1, 0.15) is 0 Å². The predicted octanol–water partition coefficient (Wildman–Crippen LogP) is 3.56. The third-order valence-electron chi connectivity index (χ3n) is 6.14. The zero-order chi connectivity index (χ0) is 28.0. The van der Waals surface area contributed by atoms with Crippen LogP contribution in [0.4, 0.5) is 18.9 Å². The number of carbonyl (C=O) groups is 3. The van der Waals surface area contributed by atoms with Gasteiger partial charge in [0.2, 0.25) is 5.91 Å². The van der Waals surface area contributed by atoms with Crippen molar-refractivity contribution in [3.05, 3.63) is 88.2 Å². The Bertz CT molecular complexity index is 1340. The van der Waals surface area contributed by atoms with Crippen molar-refractivity contribution in [1.82, 2.24) is 15.1 Å². The van der Waals surface area contributed by atoms with Crippen molar-refractivity contribution in [3.8, 4) is 0 Å². The highest BCUT2D eigenvalue weighted by atomic mass is 19.4. The van der Waals surface area contributed by atoms with Crippen molar-refractivity contribution in [2.75, 3.05) is 31.1 Å². The molecular weight excluding hydrogens is 503 g/mol. The first-order valence-electron chi connectivity index (χ1n) is 11.5. The number of aryl methyl sites for hydroxylation is 1. The number of benzene rings is 2. The number of carboxylic acid groups (broad SMARTS) is 1. The lowest BCUT2D eigenvalue weighted by atomic mass is 10.0. The molecule has 2 heterocycles. The molecule has 12 heteroatoms. The predicted molar refractivity (Wildman–Crippen MR) is 133 cm³/mol. The number of carbonyl (C=O) groups excluding carboxylic acids is 2. The van der Waals surface area contributed by atoms with E-state index in [0.717, 1.165) is 23.3 Å².